The van der Waals surface area contributed by atoms with Gasteiger partial charge in [0, 0.05) is 6.07 Å². The summed E-state index contributed by atoms with van der Waals surface area (Å²) < 4.78 is 10.7. The Morgan fingerprint density at radius 1 is 0.917 bits per heavy atom. The molecule has 0 bridgehead atoms. The maximum Gasteiger partial charge on any atom is 0.146 e. The highest BCUT2D eigenvalue weighted by Crippen LogP contribution is 2.32. The van der Waals surface area contributed by atoms with Crippen LogP contribution in [-0.2, 0) is 0 Å². The van der Waals surface area contributed by atoms with Gasteiger partial charge in [-0.25, -0.2) is 0 Å². The molecule has 2 aromatic rings. The van der Waals surface area contributed by atoms with Crippen LogP contribution in [0.25, 0.3) is 0 Å². The van der Waals surface area contributed by atoms with E-state index in [1.54, 1.807) is 37.4 Å². The number of azo groups is 1. The zero-order valence-electron chi connectivity index (χ0n) is 14.2. The van der Waals surface area contributed by atoms with Gasteiger partial charge in [-0.2, -0.15) is 5.11 Å². The smallest absolute Gasteiger partial charge is 0.146 e. The largest absolute Gasteiger partial charge is 0.505 e. The van der Waals surface area contributed by atoms with E-state index in [0.717, 1.165) is 18.6 Å². The SMILES string of the molecule is CCCCCCOc1ccc(N=Nc2ccc(OC)cc2)c(O)c1. The average molecular weight is 328 g/mol. The Labute approximate surface area is 143 Å². The first-order valence-electron chi connectivity index (χ1n) is 8.24. The quantitative estimate of drug-likeness (QED) is 0.469. The molecule has 5 nitrogen and oxygen atoms in total. The van der Waals surface area contributed by atoms with E-state index in [1.807, 2.05) is 12.1 Å². The zero-order chi connectivity index (χ0) is 17.2. The van der Waals surface area contributed by atoms with Crippen LogP contribution in [0.4, 0.5) is 11.4 Å². The van der Waals surface area contributed by atoms with Crippen LogP contribution in [0.2, 0.25) is 0 Å². The Balaban J connectivity index is 1.92. The first-order valence-corrected chi connectivity index (χ1v) is 8.24. The molecule has 0 saturated carbocycles. The van der Waals surface area contributed by atoms with Crippen LogP contribution in [0.1, 0.15) is 32.6 Å². The van der Waals surface area contributed by atoms with E-state index in [2.05, 4.69) is 17.2 Å². The monoisotopic (exact) mass is 328 g/mol. The summed E-state index contributed by atoms with van der Waals surface area (Å²) >= 11 is 0. The molecule has 2 rings (SSSR count). The van der Waals surface area contributed by atoms with Gasteiger partial charge in [0.25, 0.3) is 0 Å². The maximum atomic E-state index is 10.0. The molecule has 0 spiro atoms. The topological polar surface area (TPSA) is 63.4 Å². The van der Waals surface area contributed by atoms with E-state index in [1.165, 1.54) is 12.8 Å². The second kappa shape index (κ2) is 9.55. The number of unbranched alkanes of at least 4 members (excludes halogenated alkanes) is 3. The lowest BCUT2D eigenvalue weighted by Crippen LogP contribution is -1.96. The van der Waals surface area contributed by atoms with Crippen molar-refractivity contribution in [2.24, 2.45) is 10.2 Å². The summed E-state index contributed by atoms with van der Waals surface area (Å²) in [4.78, 5) is 0. The molecule has 0 heterocycles. The highest BCUT2D eigenvalue weighted by molar-refractivity contribution is 5.54. The van der Waals surface area contributed by atoms with Crippen molar-refractivity contribution >= 4 is 11.4 Å². The number of aromatic hydroxyl groups is 1. The molecule has 0 saturated heterocycles. The molecular weight excluding hydrogens is 304 g/mol. The van der Waals surface area contributed by atoms with Gasteiger partial charge in [0.1, 0.15) is 22.9 Å². The summed E-state index contributed by atoms with van der Waals surface area (Å²) in [7, 11) is 1.61. The molecule has 24 heavy (non-hydrogen) atoms. The van der Waals surface area contributed by atoms with E-state index in [-0.39, 0.29) is 5.75 Å². The van der Waals surface area contributed by atoms with Gasteiger partial charge < -0.3 is 14.6 Å². The Kier molecular flexibility index (Phi) is 7.08. The number of phenols is 1. The van der Waals surface area contributed by atoms with Crippen LogP contribution in [0, 0.1) is 0 Å². The molecule has 0 unspecified atom stereocenters. The lowest BCUT2D eigenvalue weighted by molar-refractivity contribution is 0.303. The third-order valence-electron chi connectivity index (χ3n) is 3.56. The van der Waals surface area contributed by atoms with Gasteiger partial charge in [-0.15, -0.1) is 5.11 Å². The summed E-state index contributed by atoms with van der Waals surface area (Å²) in [6, 6.07) is 12.3. The Hall–Kier alpha value is -2.56. The summed E-state index contributed by atoms with van der Waals surface area (Å²) in [5.74, 6) is 1.46. The molecular formula is C19H24N2O3. The standard InChI is InChI=1S/C19H24N2O3/c1-3-4-5-6-13-24-17-11-12-18(19(22)14-17)21-20-15-7-9-16(23-2)10-8-15/h7-12,14,22H,3-6,13H2,1-2H3. The van der Waals surface area contributed by atoms with Crippen molar-refractivity contribution in [3.05, 3.63) is 42.5 Å². The molecule has 0 aliphatic rings. The Bertz CT molecular complexity index is 654. The van der Waals surface area contributed by atoms with Crippen molar-refractivity contribution in [2.75, 3.05) is 13.7 Å². The van der Waals surface area contributed by atoms with E-state index >= 15 is 0 Å². The first-order chi connectivity index (χ1) is 11.7. The first kappa shape index (κ1) is 17.8. The van der Waals surface area contributed by atoms with E-state index in [4.69, 9.17) is 9.47 Å². The van der Waals surface area contributed by atoms with Crippen molar-refractivity contribution in [1.29, 1.82) is 0 Å². The fourth-order valence-electron chi connectivity index (χ4n) is 2.16. The number of hydrogen-bond donors (Lipinski definition) is 1. The predicted molar refractivity (Wildman–Crippen MR) is 94.9 cm³/mol. The third kappa shape index (κ3) is 5.57. The maximum absolute atomic E-state index is 10.0. The highest BCUT2D eigenvalue weighted by atomic mass is 16.5. The summed E-state index contributed by atoms with van der Waals surface area (Å²) in [6.07, 6.45) is 4.61. The third-order valence-corrected chi connectivity index (χ3v) is 3.56. The van der Waals surface area contributed by atoms with Gasteiger partial charge >= 0.3 is 0 Å². The second-order valence-electron chi connectivity index (χ2n) is 5.46. The van der Waals surface area contributed by atoms with Gasteiger partial charge in [-0.1, -0.05) is 26.2 Å². The van der Waals surface area contributed by atoms with Gasteiger partial charge in [0.2, 0.25) is 0 Å². The van der Waals surface area contributed by atoms with Crippen LogP contribution in [0.3, 0.4) is 0 Å². The fraction of sp³-hybridized carbons (Fsp3) is 0.368. The number of ether oxygens (including phenoxy) is 2. The van der Waals surface area contributed by atoms with Crippen molar-refractivity contribution in [3.8, 4) is 17.2 Å². The lowest BCUT2D eigenvalue weighted by Gasteiger charge is -2.07. The van der Waals surface area contributed by atoms with Crippen molar-refractivity contribution in [2.45, 2.75) is 32.6 Å². The number of hydrogen-bond acceptors (Lipinski definition) is 5. The summed E-state index contributed by atoms with van der Waals surface area (Å²) in [6.45, 7) is 2.84. The van der Waals surface area contributed by atoms with E-state index in [9.17, 15) is 5.11 Å². The van der Waals surface area contributed by atoms with Crippen LogP contribution >= 0.6 is 0 Å². The molecule has 0 aliphatic heterocycles. The number of nitrogens with zero attached hydrogens (tertiary/aromatic N) is 2. The molecule has 128 valence electrons. The van der Waals surface area contributed by atoms with Crippen molar-refractivity contribution in [1.82, 2.24) is 0 Å². The van der Waals surface area contributed by atoms with Crippen LogP contribution in [0.5, 0.6) is 17.2 Å². The van der Waals surface area contributed by atoms with Crippen LogP contribution in [-0.4, -0.2) is 18.8 Å². The minimum atomic E-state index is 0.0540. The van der Waals surface area contributed by atoms with Crippen LogP contribution < -0.4 is 9.47 Å². The molecule has 0 amide bonds. The van der Waals surface area contributed by atoms with Gasteiger partial charge in [-0.05, 0) is 42.8 Å². The Morgan fingerprint density at radius 3 is 2.33 bits per heavy atom. The molecule has 0 atom stereocenters. The molecule has 0 aromatic heterocycles. The molecule has 5 heteroatoms. The normalized spacial score (nSPS) is 10.9. The zero-order valence-corrected chi connectivity index (χ0v) is 14.2. The van der Waals surface area contributed by atoms with Gasteiger partial charge in [-0.3, -0.25) is 0 Å². The molecule has 2 aromatic carbocycles. The lowest BCUT2D eigenvalue weighted by atomic mass is 10.2. The minimum absolute atomic E-state index is 0.0540. The number of methoxy groups -OCH3 is 1. The fourth-order valence-corrected chi connectivity index (χ4v) is 2.16. The van der Waals surface area contributed by atoms with E-state index < -0.39 is 0 Å². The van der Waals surface area contributed by atoms with Gasteiger partial charge in [0.05, 0.1) is 19.4 Å². The highest BCUT2D eigenvalue weighted by Gasteiger charge is 2.03. The van der Waals surface area contributed by atoms with E-state index in [0.29, 0.717) is 23.7 Å². The van der Waals surface area contributed by atoms with Crippen LogP contribution in [0.15, 0.2) is 52.7 Å². The average Bonchev–Trinajstić information content (AvgIpc) is 2.61. The number of phenolic OH excluding ortho intramolecular Hbond substituents is 1. The van der Waals surface area contributed by atoms with Crippen molar-refractivity contribution in [3.63, 3.8) is 0 Å². The number of rotatable bonds is 9. The molecule has 0 fully saturated rings. The molecule has 1 N–H and O–H groups in total. The second-order valence-corrected chi connectivity index (χ2v) is 5.46. The Morgan fingerprint density at radius 2 is 1.67 bits per heavy atom. The predicted octanol–water partition coefficient (Wildman–Crippen LogP) is 5.78. The summed E-state index contributed by atoms with van der Waals surface area (Å²) in [5.41, 5.74) is 1.09. The summed E-state index contributed by atoms with van der Waals surface area (Å²) in [5, 5.41) is 18.2. The van der Waals surface area contributed by atoms with Gasteiger partial charge in [0.15, 0.2) is 0 Å². The minimum Gasteiger partial charge on any atom is -0.505 e. The number of benzene rings is 2. The molecule has 0 aliphatic carbocycles. The van der Waals surface area contributed by atoms with Crippen molar-refractivity contribution < 1.29 is 14.6 Å². The molecule has 0 radical (unpaired) electrons.